The van der Waals surface area contributed by atoms with Crippen molar-refractivity contribution in [3.8, 4) is 5.75 Å². The van der Waals surface area contributed by atoms with Gasteiger partial charge in [-0.1, -0.05) is 12.2 Å². The van der Waals surface area contributed by atoms with Crippen LogP contribution in [0, 0.1) is 0 Å². The van der Waals surface area contributed by atoms with Crippen molar-refractivity contribution in [1.29, 1.82) is 0 Å². The Bertz CT molecular complexity index is 574. The van der Waals surface area contributed by atoms with Crippen LogP contribution in [0.2, 0.25) is 0 Å². The molecular weight excluding hydrogens is 320 g/mol. The third-order valence-corrected chi connectivity index (χ3v) is 3.56. The fourth-order valence-corrected chi connectivity index (χ4v) is 2.58. The summed E-state index contributed by atoms with van der Waals surface area (Å²) in [5.41, 5.74) is 1.43. The molecule has 0 spiro atoms. The summed E-state index contributed by atoms with van der Waals surface area (Å²) in [6.07, 6.45) is 3.79. The van der Waals surface area contributed by atoms with Gasteiger partial charge in [-0.05, 0) is 31.5 Å². The summed E-state index contributed by atoms with van der Waals surface area (Å²) in [7, 11) is 0. The number of fused-ring (bicyclic) bond motifs is 1. The maximum atomic E-state index is 12.5. The van der Waals surface area contributed by atoms with E-state index in [-0.39, 0.29) is 5.75 Å². The molecule has 7 heteroatoms. The van der Waals surface area contributed by atoms with E-state index in [1.54, 1.807) is 23.1 Å². The van der Waals surface area contributed by atoms with E-state index in [4.69, 9.17) is 9.47 Å². The molecule has 1 aliphatic rings. The summed E-state index contributed by atoms with van der Waals surface area (Å²) in [6, 6.07) is 4.12. The lowest BCUT2D eigenvalue weighted by Crippen LogP contribution is -2.44. The minimum atomic E-state index is -2.91. The number of carbonyl (C=O) groups is 1. The number of carbonyl (C=O) groups excluding carboxylic acids is 1. The molecule has 0 aromatic heterocycles. The van der Waals surface area contributed by atoms with Gasteiger partial charge in [0, 0.05) is 25.0 Å². The van der Waals surface area contributed by atoms with Gasteiger partial charge in [0.25, 0.3) is 0 Å². The van der Waals surface area contributed by atoms with Crippen LogP contribution in [-0.2, 0) is 14.3 Å². The van der Waals surface area contributed by atoms with Crippen LogP contribution >= 0.6 is 0 Å². The molecule has 0 amide bonds. The molecule has 0 aliphatic carbocycles. The van der Waals surface area contributed by atoms with E-state index >= 15 is 0 Å². The lowest BCUT2D eigenvalue weighted by atomic mass is 10.0. The first-order valence-corrected chi connectivity index (χ1v) is 7.81. The Morgan fingerprint density at radius 3 is 2.54 bits per heavy atom. The molecule has 5 nitrogen and oxygen atoms in total. The molecule has 0 bridgehead atoms. The van der Waals surface area contributed by atoms with Crippen molar-refractivity contribution in [2.24, 2.45) is 0 Å². The zero-order valence-electron chi connectivity index (χ0n) is 13.7. The number of benzene rings is 1. The van der Waals surface area contributed by atoms with Gasteiger partial charge < -0.3 is 23.9 Å². The molecule has 0 N–H and O–H groups in total. The minimum absolute atomic E-state index is 0.0399. The number of alkyl halides is 2. The number of hydrogen-bond donors (Lipinski definition) is 0. The highest BCUT2D eigenvalue weighted by atomic mass is 19.3. The lowest BCUT2D eigenvalue weighted by Gasteiger charge is -2.35. The van der Waals surface area contributed by atoms with Gasteiger partial charge in [-0.2, -0.15) is 8.78 Å². The topological polar surface area (TPSA) is 48.0 Å². The largest absolute Gasteiger partial charge is 0.435 e. The standard InChI is InChI=1S/C17H21F2NO4/c1-3-22-16(23-4-2)10-20-13(11-21)7-5-12-6-8-14(9-15(12)20)24-17(18)19/h5-9,11,13,16-17H,3-4,10H2,1-2H3. The average molecular weight is 341 g/mol. The van der Waals surface area contributed by atoms with E-state index in [2.05, 4.69) is 4.74 Å². The van der Waals surface area contributed by atoms with Crippen molar-refractivity contribution >= 4 is 18.0 Å². The second-order valence-corrected chi connectivity index (χ2v) is 5.08. The van der Waals surface area contributed by atoms with Gasteiger partial charge in [0.05, 0.1) is 6.54 Å². The summed E-state index contributed by atoms with van der Waals surface area (Å²) in [6.45, 7) is 2.00. The molecule has 0 saturated heterocycles. The van der Waals surface area contributed by atoms with Crippen LogP contribution in [0.5, 0.6) is 5.75 Å². The molecule has 1 unspecified atom stereocenters. The Hall–Kier alpha value is -1.99. The van der Waals surface area contributed by atoms with E-state index in [0.717, 1.165) is 11.8 Å². The van der Waals surface area contributed by atoms with Crippen LogP contribution < -0.4 is 9.64 Å². The fourth-order valence-electron chi connectivity index (χ4n) is 2.58. The van der Waals surface area contributed by atoms with Crippen LogP contribution in [0.25, 0.3) is 6.08 Å². The molecule has 0 fully saturated rings. The van der Waals surface area contributed by atoms with E-state index in [0.29, 0.717) is 25.4 Å². The molecule has 1 aromatic carbocycles. The number of anilines is 1. The van der Waals surface area contributed by atoms with E-state index < -0.39 is 18.9 Å². The first kappa shape index (κ1) is 18.4. The van der Waals surface area contributed by atoms with Crippen molar-refractivity contribution in [3.05, 3.63) is 29.8 Å². The predicted octanol–water partition coefficient (Wildman–Crippen LogP) is 3.09. The van der Waals surface area contributed by atoms with Crippen LogP contribution in [0.4, 0.5) is 14.5 Å². The maximum absolute atomic E-state index is 12.5. The first-order valence-electron chi connectivity index (χ1n) is 7.81. The van der Waals surface area contributed by atoms with Gasteiger partial charge >= 0.3 is 6.61 Å². The van der Waals surface area contributed by atoms with Crippen LogP contribution in [0.1, 0.15) is 19.4 Å². The van der Waals surface area contributed by atoms with Crippen molar-refractivity contribution in [3.63, 3.8) is 0 Å². The number of aldehydes is 1. The van der Waals surface area contributed by atoms with Gasteiger partial charge in [0.15, 0.2) is 6.29 Å². The summed E-state index contributed by atoms with van der Waals surface area (Å²) >= 11 is 0. The Morgan fingerprint density at radius 1 is 1.25 bits per heavy atom. The first-order chi connectivity index (χ1) is 11.6. The van der Waals surface area contributed by atoms with E-state index in [9.17, 15) is 13.6 Å². The highest BCUT2D eigenvalue weighted by Gasteiger charge is 2.26. The number of halogens is 2. The van der Waals surface area contributed by atoms with Crippen LogP contribution in [0.15, 0.2) is 24.3 Å². The van der Waals surface area contributed by atoms with E-state index in [1.165, 1.54) is 12.1 Å². The van der Waals surface area contributed by atoms with Crippen LogP contribution in [-0.4, -0.2) is 45.0 Å². The number of rotatable bonds is 9. The minimum Gasteiger partial charge on any atom is -0.435 e. The zero-order chi connectivity index (χ0) is 17.5. The summed E-state index contributed by atoms with van der Waals surface area (Å²) in [4.78, 5) is 13.2. The Labute approximate surface area is 139 Å². The monoisotopic (exact) mass is 341 g/mol. The van der Waals surface area contributed by atoms with Gasteiger partial charge in [0.2, 0.25) is 0 Å². The Kier molecular flexibility index (Phi) is 6.69. The smallest absolute Gasteiger partial charge is 0.387 e. The average Bonchev–Trinajstić information content (AvgIpc) is 2.55. The van der Waals surface area contributed by atoms with E-state index in [1.807, 2.05) is 13.8 Å². The van der Waals surface area contributed by atoms with Crippen molar-refractivity contribution in [2.75, 3.05) is 24.7 Å². The molecule has 0 radical (unpaired) electrons. The molecule has 132 valence electrons. The van der Waals surface area contributed by atoms with Gasteiger partial charge in [-0.15, -0.1) is 0 Å². The summed E-state index contributed by atoms with van der Waals surface area (Å²) in [5.74, 6) is 0.0399. The Balaban J connectivity index is 2.30. The molecule has 1 atom stereocenters. The second kappa shape index (κ2) is 8.75. The summed E-state index contributed by atoms with van der Waals surface area (Å²) in [5, 5.41) is 0. The van der Waals surface area contributed by atoms with Crippen molar-refractivity contribution in [1.82, 2.24) is 0 Å². The highest BCUT2D eigenvalue weighted by molar-refractivity contribution is 5.81. The quantitative estimate of drug-likeness (QED) is 0.510. The Morgan fingerprint density at radius 2 is 1.96 bits per heavy atom. The van der Waals surface area contributed by atoms with Gasteiger partial charge in [-0.25, -0.2) is 0 Å². The number of nitrogens with zero attached hydrogens (tertiary/aromatic N) is 1. The fraction of sp³-hybridized carbons (Fsp3) is 0.471. The molecule has 1 aromatic rings. The van der Waals surface area contributed by atoms with Gasteiger partial charge in [-0.3, -0.25) is 0 Å². The zero-order valence-corrected chi connectivity index (χ0v) is 13.7. The molecule has 0 saturated carbocycles. The third-order valence-electron chi connectivity index (χ3n) is 3.56. The third kappa shape index (κ3) is 4.52. The van der Waals surface area contributed by atoms with Gasteiger partial charge in [0.1, 0.15) is 18.1 Å². The summed E-state index contributed by atoms with van der Waals surface area (Å²) < 4.78 is 40.4. The molecule has 1 aliphatic heterocycles. The molecule has 1 heterocycles. The molecular formula is C17H21F2NO4. The maximum Gasteiger partial charge on any atom is 0.387 e. The highest BCUT2D eigenvalue weighted by Crippen LogP contribution is 2.33. The van der Waals surface area contributed by atoms with Crippen molar-refractivity contribution < 1.29 is 27.8 Å². The number of ether oxygens (including phenoxy) is 3. The lowest BCUT2D eigenvalue weighted by molar-refractivity contribution is -0.130. The van der Waals surface area contributed by atoms with Crippen molar-refractivity contribution in [2.45, 2.75) is 32.8 Å². The normalized spacial score (nSPS) is 16.6. The molecule has 2 rings (SSSR count). The predicted molar refractivity (Wildman–Crippen MR) is 86.3 cm³/mol. The second-order valence-electron chi connectivity index (χ2n) is 5.08. The SMILES string of the molecule is CCOC(CN1c2cc(OC(F)F)ccc2C=CC1C=O)OCC. The molecule has 24 heavy (non-hydrogen) atoms. The number of hydrogen-bond acceptors (Lipinski definition) is 5. The van der Waals surface area contributed by atoms with Crippen LogP contribution in [0.3, 0.4) is 0 Å².